The van der Waals surface area contributed by atoms with E-state index < -0.39 is 40.2 Å². The summed E-state index contributed by atoms with van der Waals surface area (Å²) in [5.41, 5.74) is -0.869. The van der Waals surface area contributed by atoms with Crippen LogP contribution in [0.3, 0.4) is 0 Å². The fraction of sp³-hybridized carbons (Fsp3) is 0.214. The molecule has 16 heteroatoms. The first-order chi connectivity index (χ1) is 20.8. The van der Waals surface area contributed by atoms with Crippen LogP contribution in [0.25, 0.3) is 12.2 Å². The van der Waals surface area contributed by atoms with Gasteiger partial charge in [-0.1, -0.05) is 42.0 Å². The topological polar surface area (TPSA) is 115 Å². The zero-order valence-corrected chi connectivity index (χ0v) is 23.8. The molecule has 1 N–H and O–H groups in total. The molecule has 0 fully saturated rings. The number of sulfonamides is 1. The first-order valence-corrected chi connectivity index (χ1v) is 14.6. The van der Waals surface area contributed by atoms with Crippen LogP contribution in [0.4, 0.5) is 27.6 Å². The Morgan fingerprint density at radius 1 is 1.11 bits per heavy atom. The summed E-state index contributed by atoms with van der Waals surface area (Å²) in [6.07, 6.45) is -2.65. The molecule has 0 saturated carbocycles. The van der Waals surface area contributed by atoms with Gasteiger partial charge in [0.15, 0.2) is 0 Å². The number of aromatic amines is 1. The lowest BCUT2D eigenvalue weighted by atomic mass is 10.0. The van der Waals surface area contributed by atoms with Gasteiger partial charge in [-0.2, -0.15) is 22.0 Å². The van der Waals surface area contributed by atoms with Crippen molar-refractivity contribution in [3.8, 4) is 11.5 Å². The third kappa shape index (κ3) is 6.89. The van der Waals surface area contributed by atoms with Gasteiger partial charge in [-0.05, 0) is 48.4 Å². The van der Waals surface area contributed by atoms with Crippen molar-refractivity contribution < 1.29 is 44.3 Å². The Morgan fingerprint density at radius 3 is 2.59 bits per heavy atom. The number of H-pyrrole nitrogens is 1. The highest BCUT2D eigenvalue weighted by Crippen LogP contribution is 2.40. The minimum absolute atomic E-state index is 0.0464. The molecule has 44 heavy (non-hydrogen) atoms. The number of hydrogen-bond acceptors (Lipinski definition) is 7. The van der Waals surface area contributed by atoms with E-state index in [4.69, 9.17) is 20.8 Å². The van der Waals surface area contributed by atoms with Crippen LogP contribution in [0.5, 0.6) is 11.5 Å². The maximum absolute atomic E-state index is 13.9. The zero-order chi connectivity index (χ0) is 31.6. The summed E-state index contributed by atoms with van der Waals surface area (Å²) in [5.74, 6) is -0.936. The molecule has 4 aromatic rings. The molecule has 1 aliphatic heterocycles. The second kappa shape index (κ2) is 12.3. The number of hydrogen-bond donors (Lipinski definition) is 1. The first-order valence-electron chi connectivity index (χ1n) is 12.8. The summed E-state index contributed by atoms with van der Waals surface area (Å²) < 4.78 is 110. The largest absolute Gasteiger partial charge is 0.486 e. The molecule has 0 saturated heterocycles. The van der Waals surface area contributed by atoms with Gasteiger partial charge in [-0.3, -0.25) is 4.31 Å². The molecule has 0 bridgehead atoms. The summed E-state index contributed by atoms with van der Waals surface area (Å²) >= 11 is 6.06. The van der Waals surface area contributed by atoms with Crippen LogP contribution in [0.1, 0.15) is 29.0 Å². The van der Waals surface area contributed by atoms with Crippen molar-refractivity contribution in [1.29, 1.82) is 0 Å². The van der Waals surface area contributed by atoms with E-state index >= 15 is 0 Å². The number of ether oxygens (including phenoxy) is 2. The van der Waals surface area contributed by atoms with Gasteiger partial charge in [0, 0.05) is 23.1 Å². The third-order valence-corrected chi connectivity index (χ3v) is 8.60. The van der Waals surface area contributed by atoms with Crippen molar-refractivity contribution in [3.05, 3.63) is 98.8 Å². The normalized spacial score (nSPS) is 15.4. The monoisotopic (exact) mass is 657 g/mol. The van der Waals surface area contributed by atoms with Crippen LogP contribution in [0.2, 0.25) is 5.02 Å². The minimum atomic E-state index is -4.67. The van der Waals surface area contributed by atoms with Gasteiger partial charge in [0.1, 0.15) is 17.6 Å². The van der Waals surface area contributed by atoms with E-state index in [-0.39, 0.29) is 57.9 Å². The van der Waals surface area contributed by atoms with Crippen LogP contribution >= 0.6 is 11.6 Å². The molecular weight excluding hydrogens is 637 g/mol. The Balaban J connectivity index is 1.52. The van der Waals surface area contributed by atoms with Crippen LogP contribution in [-0.4, -0.2) is 37.9 Å². The van der Waals surface area contributed by atoms with Crippen LogP contribution < -0.4 is 19.5 Å². The van der Waals surface area contributed by atoms with Crippen molar-refractivity contribution in [1.82, 2.24) is 10.2 Å². The van der Waals surface area contributed by atoms with Crippen LogP contribution in [0.15, 0.2) is 74.8 Å². The lowest BCUT2D eigenvalue weighted by Crippen LogP contribution is -2.43. The van der Waals surface area contributed by atoms with E-state index in [0.717, 1.165) is 16.4 Å². The van der Waals surface area contributed by atoms with Gasteiger partial charge in [-0.15, -0.1) is 5.10 Å². The molecule has 0 aliphatic carbocycles. The Hall–Kier alpha value is -4.37. The summed E-state index contributed by atoms with van der Waals surface area (Å²) in [4.78, 5) is 10.9. The predicted octanol–water partition coefficient (Wildman–Crippen LogP) is 6.40. The quantitative estimate of drug-likeness (QED) is 0.164. The number of fused-ring (bicyclic) bond motifs is 1. The molecular formula is C28H21ClF5N3O6S. The van der Waals surface area contributed by atoms with Crippen molar-refractivity contribution in [2.45, 2.75) is 36.6 Å². The first kappa shape index (κ1) is 31.1. The highest BCUT2D eigenvalue weighted by molar-refractivity contribution is 7.92. The standard InChI is InChI=1S/C28H21ClF5N3O6S/c29-22-6-2-5-21(28(32,33)34)20(22)10-7-16-8-11-24-23(13-16)37(15-18(41-24)9-12-25-35-36-27(38)43-25)44(39,40)19-4-1-3-17(14-19)42-26(30)31/h1-8,10-11,13-14,18,26H,9,12,15H2,(H,36,38)/b10-7+/t18-/m0/s1. The summed E-state index contributed by atoms with van der Waals surface area (Å²) in [6.45, 7) is -3.44. The fourth-order valence-corrected chi connectivity index (χ4v) is 6.31. The average molecular weight is 658 g/mol. The smallest absolute Gasteiger partial charge is 0.434 e. The van der Waals surface area contributed by atoms with Crippen molar-refractivity contribution in [2.24, 2.45) is 0 Å². The highest BCUT2D eigenvalue weighted by atomic mass is 35.5. The molecule has 0 amide bonds. The molecule has 0 radical (unpaired) electrons. The number of anilines is 1. The Labute approximate surface area is 251 Å². The van der Waals surface area contributed by atoms with E-state index in [9.17, 15) is 35.2 Å². The molecule has 0 unspecified atom stereocenters. The van der Waals surface area contributed by atoms with E-state index in [2.05, 4.69) is 14.9 Å². The summed E-state index contributed by atoms with van der Waals surface area (Å²) in [6, 6.07) is 12.3. The second-order valence-electron chi connectivity index (χ2n) is 9.43. The molecule has 1 aromatic heterocycles. The molecule has 3 aromatic carbocycles. The number of aryl methyl sites for hydroxylation is 1. The van der Waals surface area contributed by atoms with Crippen LogP contribution in [-0.2, 0) is 22.6 Å². The minimum Gasteiger partial charge on any atom is -0.486 e. The van der Waals surface area contributed by atoms with Crippen molar-refractivity contribution in [2.75, 3.05) is 10.8 Å². The molecule has 1 atom stereocenters. The SMILES string of the molecule is O=c1[nH]nc(CC[C@H]2CN(S(=O)(=O)c3cccc(OC(F)F)c3)c3cc(/C=C/c4c(Cl)cccc4C(F)(F)F)ccc3O2)o1. The lowest BCUT2D eigenvalue weighted by Gasteiger charge is -2.35. The number of benzene rings is 3. The van der Waals surface area contributed by atoms with Crippen molar-refractivity contribution in [3.63, 3.8) is 0 Å². The van der Waals surface area contributed by atoms with Gasteiger partial charge in [-0.25, -0.2) is 18.3 Å². The van der Waals surface area contributed by atoms with E-state index in [1.807, 2.05) is 0 Å². The Kier molecular flexibility index (Phi) is 8.70. The lowest BCUT2D eigenvalue weighted by molar-refractivity contribution is -0.137. The molecule has 0 spiro atoms. The predicted molar refractivity (Wildman–Crippen MR) is 149 cm³/mol. The van der Waals surface area contributed by atoms with Gasteiger partial charge in [0.05, 0.1) is 22.7 Å². The number of aromatic nitrogens is 2. The second-order valence-corrected chi connectivity index (χ2v) is 11.7. The van der Waals surface area contributed by atoms with E-state index in [1.54, 1.807) is 0 Å². The molecule has 1 aliphatic rings. The Morgan fingerprint density at radius 2 is 1.89 bits per heavy atom. The van der Waals surface area contributed by atoms with Gasteiger partial charge in [0.25, 0.3) is 10.0 Å². The van der Waals surface area contributed by atoms with Gasteiger partial charge >= 0.3 is 18.5 Å². The third-order valence-electron chi connectivity index (χ3n) is 6.50. The maximum atomic E-state index is 13.9. The van der Waals surface area contributed by atoms with Gasteiger partial charge in [0.2, 0.25) is 5.89 Å². The van der Waals surface area contributed by atoms with Crippen LogP contribution in [0, 0.1) is 0 Å². The number of halogens is 6. The van der Waals surface area contributed by atoms with E-state index in [1.165, 1.54) is 60.7 Å². The Bertz CT molecular complexity index is 1860. The average Bonchev–Trinajstić information content (AvgIpc) is 3.39. The molecule has 5 rings (SSSR count). The highest BCUT2D eigenvalue weighted by Gasteiger charge is 2.36. The van der Waals surface area contributed by atoms with Gasteiger partial charge < -0.3 is 13.9 Å². The number of alkyl halides is 5. The number of nitrogens with one attached hydrogen (secondary N) is 1. The summed E-state index contributed by atoms with van der Waals surface area (Å²) in [7, 11) is -4.42. The fourth-order valence-electron chi connectivity index (χ4n) is 4.53. The maximum Gasteiger partial charge on any atom is 0.434 e. The molecule has 232 valence electrons. The summed E-state index contributed by atoms with van der Waals surface area (Å²) in [5, 5.41) is 5.72. The number of rotatable bonds is 9. The van der Waals surface area contributed by atoms with Crippen molar-refractivity contribution >= 4 is 39.5 Å². The zero-order valence-electron chi connectivity index (χ0n) is 22.2. The van der Waals surface area contributed by atoms with E-state index in [0.29, 0.717) is 5.56 Å². The molecule has 9 nitrogen and oxygen atoms in total. The molecule has 2 heterocycles. The number of nitrogens with zero attached hydrogens (tertiary/aromatic N) is 2.